The number of halogens is 3. The fourth-order valence-corrected chi connectivity index (χ4v) is 1.77. The van der Waals surface area contributed by atoms with Crippen LogP contribution in [0, 0.1) is 11.3 Å². The lowest BCUT2D eigenvalue weighted by atomic mass is 10.1. The molecule has 0 radical (unpaired) electrons. The molecule has 0 unspecified atom stereocenters. The molecule has 0 heterocycles. The Bertz CT molecular complexity index is 540. The monoisotopic (exact) mass is 317 g/mol. The molecule has 0 saturated carbocycles. The molecule has 114 valence electrons. The van der Waals surface area contributed by atoms with Gasteiger partial charge in [0.1, 0.15) is 0 Å². The third kappa shape index (κ3) is 5.57. The van der Waals surface area contributed by atoms with Gasteiger partial charge in [0.25, 0.3) is 0 Å². The lowest BCUT2D eigenvalue weighted by Crippen LogP contribution is -2.29. The number of hydrogen-bond donors (Lipinski definition) is 2. The summed E-state index contributed by atoms with van der Waals surface area (Å²) in [7, 11) is 1.58. The molecule has 21 heavy (non-hydrogen) atoms. The zero-order valence-electron chi connectivity index (χ0n) is 11.3. The van der Waals surface area contributed by atoms with Gasteiger partial charge >= 0.3 is 6.18 Å². The van der Waals surface area contributed by atoms with E-state index in [0.29, 0.717) is 13.2 Å². The van der Waals surface area contributed by atoms with Crippen molar-refractivity contribution in [3.05, 3.63) is 29.3 Å². The molecular weight excluding hydrogens is 303 g/mol. The minimum atomic E-state index is -4.59. The smallest absolute Gasteiger partial charge is 0.385 e. The summed E-state index contributed by atoms with van der Waals surface area (Å²) in [5, 5.41) is 14.4. The summed E-state index contributed by atoms with van der Waals surface area (Å²) >= 11 is 4.97. The largest absolute Gasteiger partial charge is 0.417 e. The Balaban J connectivity index is 2.72. The summed E-state index contributed by atoms with van der Waals surface area (Å²) in [6, 6.07) is 4.87. The second-order valence-electron chi connectivity index (χ2n) is 4.10. The molecule has 1 rings (SSSR count). The molecule has 4 nitrogen and oxygen atoms in total. The van der Waals surface area contributed by atoms with Gasteiger partial charge in [-0.1, -0.05) is 0 Å². The van der Waals surface area contributed by atoms with Crippen LogP contribution in [0.25, 0.3) is 0 Å². The molecule has 0 atom stereocenters. The van der Waals surface area contributed by atoms with E-state index in [2.05, 4.69) is 10.6 Å². The summed E-state index contributed by atoms with van der Waals surface area (Å²) in [6.45, 7) is 1.10. The van der Waals surface area contributed by atoms with E-state index in [1.54, 1.807) is 7.11 Å². The van der Waals surface area contributed by atoms with Crippen LogP contribution in [0.1, 0.15) is 17.5 Å². The fourth-order valence-electron chi connectivity index (χ4n) is 1.55. The molecule has 1 aromatic carbocycles. The molecule has 0 bridgehead atoms. The average Bonchev–Trinajstić information content (AvgIpc) is 2.42. The standard InChI is InChI=1S/C13H14F3N3OS/c1-20-6-2-5-18-12(21)19-10-4-3-9(8-17)11(7-10)13(14,15)16/h3-4,7H,2,5-6H2,1H3,(H2,18,19,21). The highest BCUT2D eigenvalue weighted by Gasteiger charge is 2.33. The number of benzene rings is 1. The minimum Gasteiger partial charge on any atom is -0.385 e. The molecule has 0 aromatic heterocycles. The van der Waals surface area contributed by atoms with E-state index in [9.17, 15) is 13.2 Å². The summed E-state index contributed by atoms with van der Waals surface area (Å²) in [6.07, 6.45) is -3.87. The Kier molecular flexibility index (Phi) is 6.39. The normalized spacial score (nSPS) is 10.8. The Morgan fingerprint density at radius 3 is 2.71 bits per heavy atom. The maximum absolute atomic E-state index is 12.8. The number of nitrogens with zero attached hydrogens (tertiary/aromatic N) is 1. The van der Waals surface area contributed by atoms with E-state index < -0.39 is 17.3 Å². The molecule has 0 spiro atoms. The van der Waals surface area contributed by atoms with Gasteiger partial charge in [0, 0.05) is 25.9 Å². The zero-order chi connectivity index (χ0) is 15.9. The van der Waals surface area contributed by atoms with Gasteiger partial charge < -0.3 is 15.4 Å². The van der Waals surface area contributed by atoms with Crippen LogP contribution >= 0.6 is 12.2 Å². The number of rotatable bonds is 5. The SMILES string of the molecule is COCCCNC(=S)Nc1ccc(C#N)c(C(F)(F)F)c1. The van der Waals surface area contributed by atoms with Gasteiger partial charge in [-0.05, 0) is 36.8 Å². The number of methoxy groups -OCH3 is 1. The molecule has 0 aliphatic carbocycles. The van der Waals surface area contributed by atoms with Gasteiger partial charge in [-0.2, -0.15) is 18.4 Å². The van der Waals surface area contributed by atoms with Crippen molar-refractivity contribution in [3.63, 3.8) is 0 Å². The minimum absolute atomic E-state index is 0.172. The molecule has 1 aromatic rings. The predicted molar refractivity (Wildman–Crippen MR) is 76.9 cm³/mol. The van der Waals surface area contributed by atoms with Crippen molar-refractivity contribution >= 4 is 23.0 Å². The Labute approximate surface area is 125 Å². The van der Waals surface area contributed by atoms with Crippen molar-refractivity contribution in [2.75, 3.05) is 25.6 Å². The first kappa shape index (κ1) is 17.2. The number of hydrogen-bond acceptors (Lipinski definition) is 3. The van der Waals surface area contributed by atoms with Crippen molar-refractivity contribution in [3.8, 4) is 6.07 Å². The van der Waals surface area contributed by atoms with E-state index in [1.807, 2.05) is 0 Å². The highest BCUT2D eigenvalue weighted by molar-refractivity contribution is 7.80. The molecule has 0 amide bonds. The molecule has 0 fully saturated rings. The summed E-state index contributed by atoms with van der Waals surface area (Å²) < 4.78 is 43.3. The molecule has 0 aliphatic rings. The van der Waals surface area contributed by atoms with Crippen LogP contribution in [0.5, 0.6) is 0 Å². The zero-order valence-corrected chi connectivity index (χ0v) is 12.1. The van der Waals surface area contributed by atoms with Gasteiger partial charge in [0.2, 0.25) is 0 Å². The number of alkyl halides is 3. The first-order valence-electron chi connectivity index (χ1n) is 6.03. The van der Waals surface area contributed by atoms with Crippen LogP contribution in [0.3, 0.4) is 0 Å². The Morgan fingerprint density at radius 1 is 1.43 bits per heavy atom. The number of thiocarbonyl (C=S) groups is 1. The second-order valence-corrected chi connectivity index (χ2v) is 4.51. The van der Waals surface area contributed by atoms with Crippen molar-refractivity contribution in [1.29, 1.82) is 5.26 Å². The lowest BCUT2D eigenvalue weighted by molar-refractivity contribution is -0.137. The van der Waals surface area contributed by atoms with E-state index in [-0.39, 0.29) is 10.8 Å². The maximum atomic E-state index is 12.8. The van der Waals surface area contributed by atoms with Gasteiger partial charge in [-0.25, -0.2) is 0 Å². The van der Waals surface area contributed by atoms with Crippen LogP contribution in [-0.2, 0) is 10.9 Å². The van der Waals surface area contributed by atoms with Gasteiger partial charge in [-0.15, -0.1) is 0 Å². The Morgan fingerprint density at radius 2 is 2.14 bits per heavy atom. The van der Waals surface area contributed by atoms with E-state index in [4.69, 9.17) is 22.2 Å². The van der Waals surface area contributed by atoms with Crippen LogP contribution in [0.2, 0.25) is 0 Å². The van der Waals surface area contributed by atoms with Gasteiger partial charge in [0.15, 0.2) is 5.11 Å². The average molecular weight is 317 g/mol. The Hall–Kier alpha value is -1.85. The summed E-state index contributed by atoms with van der Waals surface area (Å²) in [5.74, 6) is 0. The predicted octanol–water partition coefficient (Wildman–Crippen LogP) is 2.90. The molecule has 8 heteroatoms. The van der Waals surface area contributed by atoms with Crippen LogP contribution < -0.4 is 10.6 Å². The molecule has 0 aliphatic heterocycles. The summed E-state index contributed by atoms with van der Waals surface area (Å²) in [4.78, 5) is 0. The van der Waals surface area contributed by atoms with Crippen LogP contribution in [0.15, 0.2) is 18.2 Å². The van der Waals surface area contributed by atoms with E-state index in [0.717, 1.165) is 18.6 Å². The van der Waals surface area contributed by atoms with Crippen LogP contribution in [-0.4, -0.2) is 25.4 Å². The van der Waals surface area contributed by atoms with Gasteiger partial charge in [0.05, 0.1) is 17.2 Å². The topological polar surface area (TPSA) is 57.1 Å². The van der Waals surface area contributed by atoms with Gasteiger partial charge in [-0.3, -0.25) is 0 Å². The number of anilines is 1. The highest BCUT2D eigenvalue weighted by atomic mass is 32.1. The number of ether oxygens (including phenoxy) is 1. The van der Waals surface area contributed by atoms with Crippen molar-refractivity contribution in [1.82, 2.24) is 5.32 Å². The highest BCUT2D eigenvalue weighted by Crippen LogP contribution is 2.33. The van der Waals surface area contributed by atoms with Crippen LogP contribution in [0.4, 0.5) is 18.9 Å². The lowest BCUT2D eigenvalue weighted by Gasteiger charge is -2.13. The fraction of sp³-hybridized carbons (Fsp3) is 0.385. The first-order valence-corrected chi connectivity index (χ1v) is 6.44. The first-order chi connectivity index (χ1) is 9.88. The number of nitrogens with one attached hydrogen (secondary N) is 2. The third-order valence-corrected chi connectivity index (χ3v) is 2.76. The molecule has 2 N–H and O–H groups in total. The maximum Gasteiger partial charge on any atom is 0.417 e. The number of nitriles is 1. The van der Waals surface area contributed by atoms with E-state index in [1.165, 1.54) is 12.1 Å². The van der Waals surface area contributed by atoms with E-state index >= 15 is 0 Å². The molecule has 0 saturated heterocycles. The van der Waals surface area contributed by atoms with Crippen molar-refractivity contribution in [2.45, 2.75) is 12.6 Å². The van der Waals surface area contributed by atoms with Crippen molar-refractivity contribution < 1.29 is 17.9 Å². The summed E-state index contributed by atoms with van der Waals surface area (Å²) in [5.41, 5.74) is -1.24. The second kappa shape index (κ2) is 7.81. The third-order valence-electron chi connectivity index (χ3n) is 2.51. The van der Waals surface area contributed by atoms with Crippen molar-refractivity contribution in [2.24, 2.45) is 0 Å². The quantitative estimate of drug-likeness (QED) is 0.646. The molecular formula is C13H14F3N3OS.